The van der Waals surface area contributed by atoms with Gasteiger partial charge in [0, 0.05) is 5.39 Å². The number of pyridine rings is 1. The first-order valence-electron chi connectivity index (χ1n) is 6.64. The number of nitrogens with zero attached hydrogens (tertiary/aromatic N) is 1. The molecule has 3 rings (SSSR count). The van der Waals surface area contributed by atoms with Gasteiger partial charge in [0.15, 0.2) is 0 Å². The summed E-state index contributed by atoms with van der Waals surface area (Å²) >= 11 is 0. The van der Waals surface area contributed by atoms with E-state index in [1.54, 1.807) is 18.2 Å². The molecule has 0 aliphatic rings. The molecule has 0 spiro atoms. The van der Waals surface area contributed by atoms with Crippen molar-refractivity contribution >= 4 is 28.6 Å². The van der Waals surface area contributed by atoms with Gasteiger partial charge in [-0.25, -0.2) is 9.78 Å². The summed E-state index contributed by atoms with van der Waals surface area (Å²) in [5.74, 6) is -1.26. The first kappa shape index (κ1) is 13.8. The van der Waals surface area contributed by atoms with E-state index in [4.69, 9.17) is 5.11 Å². The van der Waals surface area contributed by atoms with Crippen LogP contribution in [0.25, 0.3) is 10.9 Å². The Hall–Kier alpha value is -3.21. The number of carbonyl (C=O) groups excluding carboxylic acids is 1. The summed E-state index contributed by atoms with van der Waals surface area (Å²) in [5, 5.41) is 12.7. The first-order chi connectivity index (χ1) is 10.6. The Balaban J connectivity index is 1.91. The molecule has 22 heavy (non-hydrogen) atoms. The smallest absolute Gasteiger partial charge is 0.336 e. The molecule has 5 nitrogen and oxygen atoms in total. The van der Waals surface area contributed by atoms with Gasteiger partial charge in [-0.1, -0.05) is 30.3 Å². The van der Waals surface area contributed by atoms with Gasteiger partial charge >= 0.3 is 5.97 Å². The van der Waals surface area contributed by atoms with Gasteiger partial charge in [0.25, 0.3) is 5.91 Å². The molecule has 0 saturated heterocycles. The van der Waals surface area contributed by atoms with Crippen LogP contribution in [0.1, 0.15) is 20.7 Å². The lowest BCUT2D eigenvalue weighted by atomic mass is 10.1. The van der Waals surface area contributed by atoms with E-state index in [-0.39, 0.29) is 11.1 Å². The molecule has 0 saturated carbocycles. The minimum Gasteiger partial charge on any atom is -0.478 e. The fourth-order valence-corrected chi connectivity index (χ4v) is 2.19. The highest BCUT2D eigenvalue weighted by atomic mass is 16.4. The van der Waals surface area contributed by atoms with Gasteiger partial charge < -0.3 is 10.4 Å². The second-order valence-electron chi connectivity index (χ2n) is 4.69. The minimum atomic E-state index is -1.14. The summed E-state index contributed by atoms with van der Waals surface area (Å²) < 4.78 is 0. The topological polar surface area (TPSA) is 79.3 Å². The molecule has 0 aliphatic heterocycles. The van der Waals surface area contributed by atoms with Crippen molar-refractivity contribution in [1.29, 1.82) is 0 Å². The highest BCUT2D eigenvalue weighted by Crippen LogP contribution is 2.16. The Labute approximate surface area is 126 Å². The van der Waals surface area contributed by atoms with E-state index in [2.05, 4.69) is 10.3 Å². The van der Waals surface area contributed by atoms with E-state index in [0.717, 1.165) is 10.9 Å². The number of nitrogens with one attached hydrogen (secondary N) is 1. The molecule has 3 aromatic rings. The number of aromatic nitrogens is 1. The van der Waals surface area contributed by atoms with Crippen molar-refractivity contribution in [2.45, 2.75) is 0 Å². The minimum absolute atomic E-state index is 0.0409. The van der Waals surface area contributed by atoms with Crippen LogP contribution in [0.4, 0.5) is 5.82 Å². The predicted octanol–water partition coefficient (Wildman–Crippen LogP) is 3.19. The zero-order valence-corrected chi connectivity index (χ0v) is 11.5. The first-order valence-corrected chi connectivity index (χ1v) is 6.64. The van der Waals surface area contributed by atoms with Gasteiger partial charge in [-0.3, -0.25) is 4.79 Å². The van der Waals surface area contributed by atoms with Crippen LogP contribution in [0.2, 0.25) is 0 Å². The van der Waals surface area contributed by atoms with Gasteiger partial charge in [0.1, 0.15) is 5.82 Å². The average molecular weight is 292 g/mol. The third kappa shape index (κ3) is 2.64. The summed E-state index contributed by atoms with van der Waals surface area (Å²) in [6.07, 6.45) is 0. The van der Waals surface area contributed by atoms with E-state index in [9.17, 15) is 9.59 Å². The van der Waals surface area contributed by atoms with E-state index in [0.29, 0.717) is 5.82 Å². The SMILES string of the molecule is O=C(O)c1ccccc1C(=O)Nc1ccc2ccccc2n1. The molecule has 0 unspecified atom stereocenters. The molecule has 5 heteroatoms. The molecule has 1 heterocycles. The van der Waals surface area contributed by atoms with Crippen LogP contribution in [0.15, 0.2) is 60.7 Å². The van der Waals surface area contributed by atoms with Crippen LogP contribution in [-0.2, 0) is 0 Å². The fraction of sp³-hybridized carbons (Fsp3) is 0. The van der Waals surface area contributed by atoms with Gasteiger partial charge in [0.2, 0.25) is 0 Å². The third-order valence-electron chi connectivity index (χ3n) is 3.24. The summed E-state index contributed by atoms with van der Waals surface area (Å²) in [7, 11) is 0. The Morgan fingerprint density at radius 3 is 2.32 bits per heavy atom. The predicted molar refractivity (Wildman–Crippen MR) is 83.1 cm³/mol. The van der Waals surface area contributed by atoms with Crippen LogP contribution >= 0.6 is 0 Å². The Bertz CT molecular complexity index is 874. The number of rotatable bonds is 3. The molecule has 2 aromatic carbocycles. The number of fused-ring (bicyclic) bond motifs is 1. The summed E-state index contributed by atoms with van der Waals surface area (Å²) in [4.78, 5) is 27.8. The molecule has 1 amide bonds. The number of carboxylic acid groups (broad SMARTS) is 1. The number of amides is 1. The molecule has 0 atom stereocenters. The number of hydrogen-bond donors (Lipinski definition) is 2. The maximum absolute atomic E-state index is 12.3. The van der Waals surface area contributed by atoms with E-state index in [1.165, 1.54) is 12.1 Å². The van der Waals surface area contributed by atoms with Gasteiger partial charge in [-0.2, -0.15) is 0 Å². The maximum Gasteiger partial charge on any atom is 0.336 e. The third-order valence-corrected chi connectivity index (χ3v) is 3.24. The fourth-order valence-electron chi connectivity index (χ4n) is 2.19. The second-order valence-corrected chi connectivity index (χ2v) is 4.69. The zero-order chi connectivity index (χ0) is 15.5. The van der Waals surface area contributed by atoms with E-state index in [1.807, 2.05) is 30.3 Å². The molecular formula is C17H12N2O3. The standard InChI is InChI=1S/C17H12N2O3/c20-16(12-6-2-3-7-13(12)17(21)22)19-15-10-9-11-5-1-4-8-14(11)18-15/h1-10H,(H,21,22)(H,18,19,20). The Morgan fingerprint density at radius 1 is 0.864 bits per heavy atom. The van der Waals surface area contributed by atoms with Crippen LogP contribution in [0.5, 0.6) is 0 Å². The quantitative estimate of drug-likeness (QED) is 0.777. The Kier molecular flexibility index (Phi) is 3.53. The monoisotopic (exact) mass is 292 g/mol. The lowest BCUT2D eigenvalue weighted by Gasteiger charge is -2.07. The molecular weight excluding hydrogens is 280 g/mol. The van der Waals surface area contributed by atoms with Crippen LogP contribution < -0.4 is 5.32 Å². The molecule has 0 bridgehead atoms. The van der Waals surface area contributed by atoms with E-state index < -0.39 is 11.9 Å². The number of anilines is 1. The Morgan fingerprint density at radius 2 is 1.55 bits per heavy atom. The number of para-hydroxylation sites is 1. The molecule has 2 N–H and O–H groups in total. The molecule has 0 fully saturated rings. The van der Waals surface area contributed by atoms with Crippen molar-refractivity contribution in [2.24, 2.45) is 0 Å². The van der Waals surface area contributed by atoms with Crippen molar-refractivity contribution in [3.63, 3.8) is 0 Å². The second kappa shape index (κ2) is 5.65. The van der Waals surface area contributed by atoms with Crippen molar-refractivity contribution < 1.29 is 14.7 Å². The largest absolute Gasteiger partial charge is 0.478 e. The number of carboxylic acids is 1. The molecule has 0 radical (unpaired) electrons. The van der Waals surface area contributed by atoms with Crippen molar-refractivity contribution in [3.05, 3.63) is 71.8 Å². The maximum atomic E-state index is 12.3. The lowest BCUT2D eigenvalue weighted by molar-refractivity contribution is 0.0692. The van der Waals surface area contributed by atoms with Crippen LogP contribution in [0.3, 0.4) is 0 Å². The molecule has 0 aliphatic carbocycles. The number of benzene rings is 2. The van der Waals surface area contributed by atoms with Gasteiger partial charge in [0.05, 0.1) is 16.6 Å². The normalized spacial score (nSPS) is 10.4. The van der Waals surface area contributed by atoms with Crippen molar-refractivity contribution in [2.75, 3.05) is 5.32 Å². The van der Waals surface area contributed by atoms with Gasteiger partial charge in [-0.15, -0.1) is 0 Å². The highest BCUT2D eigenvalue weighted by Gasteiger charge is 2.16. The summed E-state index contributed by atoms with van der Waals surface area (Å²) in [6.45, 7) is 0. The summed E-state index contributed by atoms with van der Waals surface area (Å²) in [6, 6.07) is 17.1. The van der Waals surface area contributed by atoms with Crippen molar-refractivity contribution in [1.82, 2.24) is 4.98 Å². The zero-order valence-electron chi connectivity index (χ0n) is 11.5. The average Bonchev–Trinajstić information content (AvgIpc) is 2.54. The van der Waals surface area contributed by atoms with E-state index >= 15 is 0 Å². The highest BCUT2D eigenvalue weighted by molar-refractivity contribution is 6.10. The number of aromatic carboxylic acids is 1. The van der Waals surface area contributed by atoms with Crippen molar-refractivity contribution in [3.8, 4) is 0 Å². The summed E-state index contributed by atoms with van der Waals surface area (Å²) in [5.41, 5.74) is 0.817. The molecule has 108 valence electrons. The number of carbonyl (C=O) groups is 2. The van der Waals surface area contributed by atoms with Crippen LogP contribution in [-0.4, -0.2) is 22.0 Å². The number of hydrogen-bond acceptors (Lipinski definition) is 3. The van der Waals surface area contributed by atoms with Gasteiger partial charge in [-0.05, 0) is 30.3 Å². The molecule has 1 aromatic heterocycles. The lowest BCUT2D eigenvalue weighted by Crippen LogP contribution is -2.17. The van der Waals surface area contributed by atoms with Crippen LogP contribution in [0, 0.1) is 0 Å².